The summed E-state index contributed by atoms with van der Waals surface area (Å²) in [6.45, 7) is -1.21. The minimum absolute atomic E-state index is 0.274. The fourth-order valence-electron chi connectivity index (χ4n) is 1.43. The van der Waals surface area contributed by atoms with Gasteiger partial charge >= 0.3 is 6.18 Å². The smallest absolute Gasteiger partial charge is 0.212 e. The minimum Gasteiger partial charge on any atom is -0.212 e. The van der Waals surface area contributed by atoms with Crippen LogP contribution >= 0.6 is 23.2 Å². The van der Waals surface area contributed by atoms with Gasteiger partial charge in [0, 0.05) is 5.56 Å². The lowest BCUT2D eigenvalue weighted by atomic mass is 10.1. The number of sulfonamides is 1. The molecule has 3 nitrogen and oxygen atoms in total. The van der Waals surface area contributed by atoms with Crippen molar-refractivity contribution in [1.29, 1.82) is 0 Å². The second-order valence-corrected chi connectivity index (χ2v) is 6.48. The molecule has 11 heteroatoms. The van der Waals surface area contributed by atoms with Crippen LogP contribution in [0.5, 0.6) is 0 Å². The SMILES string of the molecule is O=S(=O)(Cc1c(C(F)(F)F)ccc(Cl)c1Cl)NCC(F)F. The van der Waals surface area contributed by atoms with E-state index < -0.39 is 51.1 Å². The van der Waals surface area contributed by atoms with Gasteiger partial charge in [0.25, 0.3) is 6.43 Å². The van der Waals surface area contributed by atoms with Crippen molar-refractivity contribution in [2.75, 3.05) is 6.54 Å². The van der Waals surface area contributed by atoms with E-state index in [1.54, 1.807) is 0 Å². The molecule has 0 bridgehead atoms. The third kappa shape index (κ3) is 5.24. The summed E-state index contributed by atoms with van der Waals surface area (Å²) in [5.41, 5.74) is -2.09. The van der Waals surface area contributed by atoms with Gasteiger partial charge in [-0.1, -0.05) is 23.2 Å². The number of rotatable bonds is 5. The number of alkyl halides is 5. The van der Waals surface area contributed by atoms with Gasteiger partial charge in [0.1, 0.15) is 0 Å². The van der Waals surface area contributed by atoms with E-state index in [1.165, 1.54) is 4.72 Å². The molecule has 0 saturated carbocycles. The molecule has 0 aromatic heterocycles. The summed E-state index contributed by atoms with van der Waals surface area (Å²) in [4.78, 5) is 0. The number of hydrogen-bond donors (Lipinski definition) is 1. The summed E-state index contributed by atoms with van der Waals surface area (Å²) in [6, 6.07) is 1.45. The fraction of sp³-hybridized carbons (Fsp3) is 0.400. The first-order valence-electron chi connectivity index (χ1n) is 5.23. The maximum atomic E-state index is 12.8. The van der Waals surface area contributed by atoms with Crippen molar-refractivity contribution in [1.82, 2.24) is 4.72 Å². The van der Waals surface area contributed by atoms with Crippen LogP contribution in [-0.4, -0.2) is 21.4 Å². The first kappa shape index (κ1) is 18.4. The Morgan fingerprint density at radius 2 is 1.76 bits per heavy atom. The monoisotopic (exact) mass is 371 g/mol. The molecule has 0 unspecified atom stereocenters. The molecule has 0 radical (unpaired) electrons. The molecule has 0 aliphatic heterocycles. The fourth-order valence-corrected chi connectivity index (χ4v) is 3.08. The van der Waals surface area contributed by atoms with Gasteiger partial charge in [0.05, 0.1) is 27.9 Å². The molecular weight excluding hydrogens is 364 g/mol. The van der Waals surface area contributed by atoms with Crippen molar-refractivity contribution in [2.45, 2.75) is 18.4 Å². The molecule has 1 aromatic rings. The predicted molar refractivity (Wildman–Crippen MR) is 68.1 cm³/mol. The zero-order valence-corrected chi connectivity index (χ0v) is 12.3. The van der Waals surface area contributed by atoms with Gasteiger partial charge in [-0.15, -0.1) is 0 Å². The lowest BCUT2D eigenvalue weighted by Crippen LogP contribution is -2.30. The van der Waals surface area contributed by atoms with Gasteiger partial charge in [-0.3, -0.25) is 0 Å². The highest BCUT2D eigenvalue weighted by atomic mass is 35.5. The molecule has 0 amide bonds. The Morgan fingerprint density at radius 1 is 1.19 bits per heavy atom. The lowest BCUT2D eigenvalue weighted by Gasteiger charge is -2.15. The Morgan fingerprint density at radius 3 is 2.24 bits per heavy atom. The molecule has 120 valence electrons. The van der Waals surface area contributed by atoms with Gasteiger partial charge in [0.2, 0.25) is 10.0 Å². The molecule has 0 spiro atoms. The standard InChI is InChI=1S/C10H8Cl2F5NO2S/c11-7-2-1-6(10(15,16)17)5(9(7)12)4-21(19,20)18-3-8(13)14/h1-2,8,18H,3-4H2. The van der Waals surface area contributed by atoms with E-state index in [-0.39, 0.29) is 5.02 Å². The largest absolute Gasteiger partial charge is 0.416 e. The predicted octanol–water partition coefficient (Wildman–Crippen LogP) is 3.70. The van der Waals surface area contributed by atoms with Crippen LogP contribution in [0.1, 0.15) is 11.1 Å². The van der Waals surface area contributed by atoms with Crippen LogP contribution in [-0.2, 0) is 22.0 Å². The summed E-state index contributed by atoms with van der Waals surface area (Å²) in [5.74, 6) is -1.21. The molecule has 0 aliphatic carbocycles. The molecule has 1 rings (SSSR count). The van der Waals surface area contributed by atoms with Gasteiger partial charge in [-0.05, 0) is 12.1 Å². The van der Waals surface area contributed by atoms with Crippen LogP contribution in [0, 0.1) is 0 Å². The van der Waals surface area contributed by atoms with Crippen LogP contribution in [0.4, 0.5) is 22.0 Å². The Hall–Kier alpha value is -0.640. The molecule has 0 aliphatic rings. The number of halogens is 7. The van der Waals surface area contributed by atoms with Crippen LogP contribution in [0.25, 0.3) is 0 Å². The van der Waals surface area contributed by atoms with Crippen LogP contribution in [0.15, 0.2) is 12.1 Å². The third-order valence-electron chi connectivity index (χ3n) is 2.29. The van der Waals surface area contributed by atoms with Crippen molar-refractivity contribution in [3.05, 3.63) is 33.3 Å². The minimum atomic E-state index is -4.86. The van der Waals surface area contributed by atoms with Crippen molar-refractivity contribution in [3.8, 4) is 0 Å². The summed E-state index contributed by atoms with van der Waals surface area (Å²) < 4.78 is 86.9. The van der Waals surface area contributed by atoms with Gasteiger partial charge < -0.3 is 0 Å². The highest BCUT2D eigenvalue weighted by Crippen LogP contribution is 2.38. The summed E-state index contributed by atoms with van der Waals surface area (Å²) in [7, 11) is -4.42. The van der Waals surface area contributed by atoms with Crippen molar-refractivity contribution < 1.29 is 30.4 Å². The molecule has 21 heavy (non-hydrogen) atoms. The van der Waals surface area contributed by atoms with Gasteiger partial charge in [-0.25, -0.2) is 21.9 Å². The van der Waals surface area contributed by atoms with E-state index in [2.05, 4.69) is 0 Å². The normalized spacial score (nSPS) is 13.0. The Kier molecular flexibility index (Phi) is 5.82. The van der Waals surface area contributed by atoms with Crippen molar-refractivity contribution >= 4 is 33.2 Å². The van der Waals surface area contributed by atoms with Crippen LogP contribution in [0.2, 0.25) is 10.0 Å². The topological polar surface area (TPSA) is 46.2 Å². The lowest BCUT2D eigenvalue weighted by molar-refractivity contribution is -0.138. The molecule has 0 saturated heterocycles. The second kappa shape index (κ2) is 6.64. The average Bonchev–Trinajstić information content (AvgIpc) is 2.31. The van der Waals surface area contributed by atoms with E-state index in [1.807, 2.05) is 0 Å². The molecule has 0 heterocycles. The maximum Gasteiger partial charge on any atom is 0.416 e. The van der Waals surface area contributed by atoms with E-state index >= 15 is 0 Å². The van der Waals surface area contributed by atoms with E-state index in [0.717, 1.165) is 6.07 Å². The summed E-state index contributed by atoms with van der Waals surface area (Å²) >= 11 is 11.2. The summed E-state index contributed by atoms with van der Waals surface area (Å²) in [6.07, 6.45) is -7.83. The zero-order chi connectivity index (χ0) is 16.4. The van der Waals surface area contributed by atoms with E-state index in [4.69, 9.17) is 23.2 Å². The maximum absolute atomic E-state index is 12.8. The molecule has 1 N–H and O–H groups in total. The van der Waals surface area contributed by atoms with Crippen molar-refractivity contribution in [2.24, 2.45) is 0 Å². The first-order chi connectivity index (χ1) is 9.44. The molecule has 0 fully saturated rings. The van der Waals surface area contributed by atoms with Gasteiger partial charge in [-0.2, -0.15) is 13.2 Å². The van der Waals surface area contributed by atoms with Gasteiger partial charge in [0.15, 0.2) is 0 Å². The van der Waals surface area contributed by atoms with E-state index in [9.17, 15) is 30.4 Å². The number of nitrogens with one attached hydrogen (secondary N) is 1. The molecule has 1 aromatic carbocycles. The average molecular weight is 372 g/mol. The second-order valence-electron chi connectivity index (χ2n) is 3.88. The molecular formula is C10H8Cl2F5NO2S. The highest BCUT2D eigenvalue weighted by Gasteiger charge is 2.36. The number of benzene rings is 1. The zero-order valence-electron chi connectivity index (χ0n) is 10.0. The Bertz CT molecular complexity index is 619. The third-order valence-corrected chi connectivity index (χ3v) is 4.41. The Balaban J connectivity index is 3.21. The molecule has 0 atom stereocenters. The Labute approximate surface area is 127 Å². The quantitative estimate of drug-likeness (QED) is 0.802. The highest BCUT2D eigenvalue weighted by molar-refractivity contribution is 7.88. The van der Waals surface area contributed by atoms with Crippen LogP contribution < -0.4 is 4.72 Å². The first-order valence-corrected chi connectivity index (χ1v) is 7.64. The number of hydrogen-bond acceptors (Lipinski definition) is 2. The van der Waals surface area contributed by atoms with E-state index in [0.29, 0.717) is 6.07 Å². The summed E-state index contributed by atoms with van der Waals surface area (Å²) in [5, 5.41) is -0.863. The van der Waals surface area contributed by atoms with Crippen LogP contribution in [0.3, 0.4) is 0 Å². The van der Waals surface area contributed by atoms with Crippen molar-refractivity contribution in [3.63, 3.8) is 0 Å².